The number of aromatic amines is 2. The van der Waals surface area contributed by atoms with E-state index in [9.17, 15) is 38.7 Å². The molecule has 1 aliphatic rings. The highest BCUT2D eigenvalue weighted by atomic mass is 16.5. The van der Waals surface area contributed by atoms with Crippen LogP contribution in [0.4, 0.5) is 0 Å². The first-order valence-electron chi connectivity index (χ1n) is 23.9. The molecule has 5 rings (SSSR count). The molecule has 3 heterocycles. The number of ether oxygens (including phenoxy) is 1. The molecule has 4 aromatic rings. The number of benzene rings is 2. The Morgan fingerprint density at radius 2 is 1.54 bits per heavy atom. The predicted octanol–water partition coefficient (Wildman–Crippen LogP) is 0.510. The normalized spacial score (nSPS) is 16.4. The minimum Gasteiger partial charge on any atom is -0.497 e. The van der Waals surface area contributed by atoms with Crippen molar-refractivity contribution in [3.05, 3.63) is 84.1 Å². The summed E-state index contributed by atoms with van der Waals surface area (Å²) in [7, 11) is 1.51. The lowest BCUT2D eigenvalue weighted by Crippen LogP contribution is -2.61. The molecule has 1 saturated heterocycles. The van der Waals surface area contributed by atoms with Gasteiger partial charge >= 0.3 is 5.97 Å². The quantitative estimate of drug-likeness (QED) is 0.0232. The number of hydrogen-bond acceptors (Lipinski definition) is 11. The van der Waals surface area contributed by atoms with Gasteiger partial charge in [-0.05, 0) is 66.8 Å². The first-order chi connectivity index (χ1) is 33.9. The van der Waals surface area contributed by atoms with Crippen molar-refractivity contribution in [1.82, 2.24) is 46.4 Å². The third-order valence-electron chi connectivity index (χ3n) is 12.7. The van der Waals surface area contributed by atoms with Crippen LogP contribution < -0.4 is 48.5 Å². The standard InChI is InChI=1S/C49H69N13O9/c1-6-28(4)41(61-43(64)36(21-29-15-17-32(71-5)18-16-29)57-45(66)40(27(2)3)60-42(63)34(50)12-9-19-54-49(51)52)46(67)58-37(23-31-25-53-26-56-31)47(68)62-20-10-14-39(62)44(65)59-38(48(69)70)22-30-24-55-35-13-8-7-11-33(30)35/h7-8,11,13,15-18,24-28,34,36-41,55H,6,9-10,12,14,19-23,50H2,1-5H3,(H,53,56)(H,57,66)(H,58,67)(H,59,65)(H,60,63)(H,61,64)(H,69,70)(H4,51,52,54)/t28-,34-,36-,37-,38-,39-,40-,41-/m0/s1. The summed E-state index contributed by atoms with van der Waals surface area (Å²) >= 11 is 0. The van der Waals surface area contributed by atoms with Gasteiger partial charge in [-0.3, -0.25) is 33.8 Å². The lowest BCUT2D eigenvalue weighted by Gasteiger charge is -2.32. The highest BCUT2D eigenvalue weighted by Crippen LogP contribution is 2.23. The molecule has 71 heavy (non-hydrogen) atoms. The number of guanidine groups is 1. The summed E-state index contributed by atoms with van der Waals surface area (Å²) in [5.41, 5.74) is 19.6. The maximum absolute atomic E-state index is 14.6. The lowest BCUT2D eigenvalue weighted by molar-refractivity contribution is -0.145. The molecule has 0 unspecified atom stereocenters. The number of carbonyl (C=O) groups excluding carboxylic acids is 6. The van der Waals surface area contributed by atoms with Crippen molar-refractivity contribution in [2.75, 3.05) is 20.2 Å². The smallest absolute Gasteiger partial charge is 0.326 e. The largest absolute Gasteiger partial charge is 0.497 e. The fourth-order valence-corrected chi connectivity index (χ4v) is 8.44. The fraction of sp³-hybridized carbons (Fsp3) is 0.490. The first-order valence-corrected chi connectivity index (χ1v) is 23.9. The zero-order valence-corrected chi connectivity index (χ0v) is 40.9. The monoisotopic (exact) mass is 984 g/mol. The summed E-state index contributed by atoms with van der Waals surface area (Å²) < 4.78 is 5.31. The number of aliphatic carboxylic acids is 1. The van der Waals surface area contributed by atoms with E-state index in [4.69, 9.17) is 21.9 Å². The third-order valence-corrected chi connectivity index (χ3v) is 12.7. The number of methoxy groups -OCH3 is 1. The van der Waals surface area contributed by atoms with Crippen LogP contribution in [0.15, 0.2) is 72.2 Å². The Hall–Kier alpha value is -7.49. The molecule has 14 N–H and O–H groups in total. The van der Waals surface area contributed by atoms with Gasteiger partial charge < -0.3 is 68.5 Å². The second kappa shape index (κ2) is 25.9. The summed E-state index contributed by atoms with van der Waals surface area (Å²) in [5.74, 6) is -5.61. The Morgan fingerprint density at radius 1 is 0.845 bits per heavy atom. The Balaban J connectivity index is 1.35. The molecule has 2 aromatic carbocycles. The molecule has 1 aliphatic heterocycles. The number of nitrogens with two attached hydrogens (primary N) is 3. The molecule has 0 saturated carbocycles. The van der Waals surface area contributed by atoms with E-state index in [1.165, 1.54) is 24.5 Å². The van der Waals surface area contributed by atoms with E-state index >= 15 is 0 Å². The number of carboxylic acids is 1. The van der Waals surface area contributed by atoms with Gasteiger partial charge in [0, 0.05) is 61.3 Å². The van der Waals surface area contributed by atoms with Gasteiger partial charge in [0.2, 0.25) is 35.4 Å². The molecular weight excluding hydrogens is 915 g/mol. The molecule has 0 spiro atoms. The van der Waals surface area contributed by atoms with E-state index in [-0.39, 0.29) is 51.2 Å². The van der Waals surface area contributed by atoms with Crippen LogP contribution in [0.3, 0.4) is 0 Å². The highest BCUT2D eigenvalue weighted by molar-refractivity contribution is 5.98. The van der Waals surface area contributed by atoms with Gasteiger partial charge in [0.05, 0.1) is 19.5 Å². The van der Waals surface area contributed by atoms with Crippen molar-refractivity contribution in [3.63, 3.8) is 0 Å². The van der Waals surface area contributed by atoms with Crippen molar-refractivity contribution < 1.29 is 43.4 Å². The van der Waals surface area contributed by atoms with Crippen molar-refractivity contribution in [2.45, 2.75) is 121 Å². The molecule has 8 atom stereocenters. The number of fused-ring (bicyclic) bond motifs is 1. The van der Waals surface area contributed by atoms with E-state index in [0.717, 1.165) is 10.9 Å². The molecule has 2 aromatic heterocycles. The number of amides is 6. The topological polar surface area (TPSA) is 347 Å². The van der Waals surface area contributed by atoms with E-state index < -0.39 is 95.5 Å². The van der Waals surface area contributed by atoms with Crippen LogP contribution in [0.1, 0.15) is 76.6 Å². The van der Waals surface area contributed by atoms with Crippen LogP contribution in [0, 0.1) is 11.8 Å². The number of hydrogen-bond donors (Lipinski definition) is 11. The van der Waals surface area contributed by atoms with Gasteiger partial charge in [0.15, 0.2) is 5.96 Å². The predicted molar refractivity (Wildman–Crippen MR) is 265 cm³/mol. The maximum Gasteiger partial charge on any atom is 0.326 e. The zero-order valence-electron chi connectivity index (χ0n) is 40.9. The van der Waals surface area contributed by atoms with Gasteiger partial charge in [0.25, 0.3) is 0 Å². The average molecular weight is 984 g/mol. The summed E-state index contributed by atoms with van der Waals surface area (Å²) in [6.07, 6.45) is 6.29. The number of imidazole rings is 1. The summed E-state index contributed by atoms with van der Waals surface area (Å²) in [6, 6.07) is 6.11. The molecule has 0 bridgehead atoms. The Morgan fingerprint density at radius 3 is 2.18 bits per heavy atom. The second-order valence-corrected chi connectivity index (χ2v) is 18.3. The van der Waals surface area contributed by atoms with Crippen molar-refractivity contribution in [2.24, 2.45) is 34.0 Å². The third kappa shape index (κ3) is 15.2. The second-order valence-electron chi connectivity index (χ2n) is 18.3. The van der Waals surface area contributed by atoms with E-state index in [1.54, 1.807) is 51.2 Å². The Kier molecular flexibility index (Phi) is 19.9. The fourth-order valence-electron chi connectivity index (χ4n) is 8.44. The number of nitrogens with zero attached hydrogens (tertiary/aromatic N) is 3. The zero-order chi connectivity index (χ0) is 51.8. The Labute approximate surface area is 412 Å². The number of carboxylic acid groups (broad SMARTS) is 1. The lowest BCUT2D eigenvalue weighted by atomic mass is 9.96. The number of carbonyl (C=O) groups is 7. The van der Waals surface area contributed by atoms with Crippen LogP contribution >= 0.6 is 0 Å². The molecule has 1 fully saturated rings. The number of rotatable bonds is 26. The summed E-state index contributed by atoms with van der Waals surface area (Å²) in [6.45, 7) is 7.47. The molecular formula is C49H69N13O9. The maximum atomic E-state index is 14.6. The first kappa shape index (κ1) is 54.5. The van der Waals surface area contributed by atoms with Crippen LogP contribution in [-0.2, 0) is 52.8 Å². The molecule has 22 heteroatoms. The van der Waals surface area contributed by atoms with E-state index in [0.29, 0.717) is 41.8 Å². The van der Waals surface area contributed by atoms with Gasteiger partial charge in [-0.2, -0.15) is 0 Å². The molecule has 0 aliphatic carbocycles. The van der Waals surface area contributed by atoms with Gasteiger partial charge in [-0.1, -0.05) is 64.4 Å². The van der Waals surface area contributed by atoms with Crippen molar-refractivity contribution >= 4 is 58.3 Å². The molecule has 6 amide bonds. The highest BCUT2D eigenvalue weighted by Gasteiger charge is 2.41. The SMILES string of the molecule is CC[C@H](C)[C@H](NC(=O)[C@H](Cc1ccc(OC)cc1)NC(=O)[C@@H](NC(=O)[C@@H](N)CCCN=C(N)N)C(C)C)C(=O)N[C@@H](Cc1cnc[nH]1)C(=O)N1CCC[C@H]1C(=O)N[C@@H](Cc1c[nH]c2ccccc12)C(=O)O. The van der Waals surface area contributed by atoms with E-state index in [2.05, 4.69) is 46.5 Å². The molecule has 22 nitrogen and oxygen atoms in total. The van der Waals surface area contributed by atoms with Gasteiger partial charge in [-0.25, -0.2) is 9.78 Å². The number of aromatic nitrogens is 3. The number of H-pyrrole nitrogens is 2. The molecule has 0 radical (unpaired) electrons. The van der Waals surface area contributed by atoms with Crippen molar-refractivity contribution in [3.8, 4) is 5.75 Å². The number of nitrogens with one attached hydrogen (secondary N) is 7. The number of aliphatic imine (C=N–C) groups is 1. The van der Waals surface area contributed by atoms with Crippen LogP contribution in [-0.4, -0.2) is 135 Å². The van der Waals surface area contributed by atoms with Crippen molar-refractivity contribution in [1.29, 1.82) is 0 Å². The minimum atomic E-state index is -1.30. The summed E-state index contributed by atoms with van der Waals surface area (Å²) in [5, 5.41) is 24.9. The number of para-hydroxylation sites is 1. The summed E-state index contributed by atoms with van der Waals surface area (Å²) in [4.78, 5) is 113. The van der Waals surface area contributed by atoms with Crippen LogP contribution in [0.5, 0.6) is 5.75 Å². The van der Waals surface area contributed by atoms with E-state index in [1.807, 2.05) is 31.2 Å². The molecule has 384 valence electrons. The van der Waals surface area contributed by atoms with Gasteiger partial charge in [-0.15, -0.1) is 0 Å². The minimum absolute atomic E-state index is 0.00908. The van der Waals surface area contributed by atoms with Crippen LogP contribution in [0.25, 0.3) is 10.9 Å². The van der Waals surface area contributed by atoms with Gasteiger partial charge in [0.1, 0.15) is 42.0 Å². The Bertz CT molecular complexity index is 2470. The number of likely N-dealkylation sites (tertiary alicyclic amines) is 1. The van der Waals surface area contributed by atoms with Crippen LogP contribution in [0.2, 0.25) is 0 Å². The average Bonchev–Trinajstić information content (AvgIpc) is 4.15.